The largest absolute Gasteiger partial charge is 0.383 e. The van der Waals surface area contributed by atoms with E-state index in [0.29, 0.717) is 23.3 Å². The number of nitrogens with zero attached hydrogens (tertiary/aromatic N) is 2. The Morgan fingerprint density at radius 2 is 1.46 bits per heavy atom. The van der Waals surface area contributed by atoms with Gasteiger partial charge in [0, 0.05) is 62.6 Å². The van der Waals surface area contributed by atoms with Gasteiger partial charge in [0.1, 0.15) is 5.84 Å². The number of aliphatic imine (C=N–C) groups is 2. The summed E-state index contributed by atoms with van der Waals surface area (Å²) >= 11 is 3.62. The summed E-state index contributed by atoms with van der Waals surface area (Å²) < 4.78 is 5.03. The minimum Gasteiger partial charge on any atom is -0.383 e. The summed E-state index contributed by atoms with van der Waals surface area (Å²) in [4.78, 5) is 10.4. The second kappa shape index (κ2) is 15.8. The predicted octanol–water partition coefficient (Wildman–Crippen LogP) is 12.6. The Labute approximate surface area is 342 Å². The lowest BCUT2D eigenvalue weighted by Gasteiger charge is -2.19. The van der Waals surface area contributed by atoms with E-state index >= 15 is 0 Å². The molecule has 2 aliphatic carbocycles. The number of thiophene rings is 2. The summed E-state index contributed by atoms with van der Waals surface area (Å²) in [5, 5.41) is 4.87. The van der Waals surface area contributed by atoms with E-state index in [9.17, 15) is 0 Å². The lowest BCUT2D eigenvalue weighted by molar-refractivity contribution is 0.788. The van der Waals surface area contributed by atoms with Crippen LogP contribution >= 0.6 is 22.7 Å². The van der Waals surface area contributed by atoms with Crippen molar-refractivity contribution in [1.29, 1.82) is 0 Å². The Kier molecular flexibility index (Phi) is 10.1. The second-order valence-electron chi connectivity index (χ2n) is 14.6. The molecule has 0 aliphatic heterocycles. The Hall–Kier alpha value is -6.14. The molecule has 5 heteroatoms. The normalized spacial score (nSPS) is 16.4. The highest BCUT2D eigenvalue weighted by Gasteiger charge is 2.17. The lowest BCUT2D eigenvalue weighted by atomic mass is 9.86. The molecule has 0 amide bonds. The lowest BCUT2D eigenvalue weighted by Crippen LogP contribution is -2.31. The van der Waals surface area contributed by atoms with Crippen molar-refractivity contribution in [2.24, 2.45) is 21.6 Å². The first kappa shape index (κ1) is 36.5. The van der Waals surface area contributed by atoms with Gasteiger partial charge in [-0.25, -0.2) is 9.98 Å². The molecular formula is C52H43N3S2. The number of rotatable bonds is 8. The van der Waals surface area contributed by atoms with Crippen molar-refractivity contribution in [3.8, 4) is 11.1 Å². The molecule has 0 unspecified atom stereocenters. The third-order valence-corrected chi connectivity index (χ3v) is 13.4. The van der Waals surface area contributed by atoms with Crippen molar-refractivity contribution >= 4 is 87.5 Å². The quantitative estimate of drug-likeness (QED) is 0.0933. The fourth-order valence-corrected chi connectivity index (χ4v) is 10.4. The molecule has 7 aromatic rings. The molecule has 2 aliphatic rings. The third-order valence-electron chi connectivity index (χ3n) is 11.0. The topological polar surface area (TPSA) is 50.7 Å². The Bertz CT molecular complexity index is 3050. The van der Waals surface area contributed by atoms with Gasteiger partial charge in [-0.05, 0) is 97.3 Å². The summed E-state index contributed by atoms with van der Waals surface area (Å²) in [5.41, 5.74) is 16.7. The van der Waals surface area contributed by atoms with Crippen molar-refractivity contribution in [2.45, 2.75) is 33.1 Å². The zero-order chi connectivity index (χ0) is 38.9. The number of benzene rings is 5. The molecule has 0 saturated carbocycles. The van der Waals surface area contributed by atoms with E-state index in [-0.39, 0.29) is 0 Å². The summed E-state index contributed by atoms with van der Waals surface area (Å²) in [6, 6.07) is 41.0. The van der Waals surface area contributed by atoms with Crippen molar-refractivity contribution in [3.05, 3.63) is 190 Å². The second-order valence-corrected chi connectivity index (χ2v) is 16.8. The van der Waals surface area contributed by atoms with Crippen LogP contribution in [0.15, 0.2) is 174 Å². The minimum atomic E-state index is 0.357. The first-order chi connectivity index (χ1) is 27.9. The van der Waals surface area contributed by atoms with Gasteiger partial charge in [0.2, 0.25) is 0 Å². The molecule has 9 rings (SSSR count). The number of amidine groups is 2. The van der Waals surface area contributed by atoms with E-state index in [0.717, 1.165) is 47.1 Å². The van der Waals surface area contributed by atoms with Crippen LogP contribution in [0.25, 0.3) is 64.3 Å². The van der Waals surface area contributed by atoms with Crippen LogP contribution < -0.4 is 15.5 Å². The van der Waals surface area contributed by atoms with Crippen molar-refractivity contribution < 1.29 is 0 Å². The molecule has 1 atom stereocenters. The van der Waals surface area contributed by atoms with Gasteiger partial charge in [-0.3, -0.25) is 0 Å². The maximum absolute atomic E-state index is 7.08. The van der Waals surface area contributed by atoms with E-state index in [4.69, 9.17) is 15.7 Å². The van der Waals surface area contributed by atoms with E-state index in [2.05, 4.69) is 178 Å². The SMILES string of the molecule is C=C(/N=C(\N=C(/N)C1=c2c(sc3ccccc23)=CCC1)c1cccc(-c2cccc(/C(C)=C(/C=C\C)[C@@H]3C=CC=CC3)c2)c1)c1ccc2sc3ccccc3c2c1. The number of hydrogen-bond acceptors (Lipinski definition) is 3. The Morgan fingerprint density at radius 1 is 0.737 bits per heavy atom. The molecule has 3 nitrogen and oxygen atoms in total. The molecule has 0 bridgehead atoms. The number of hydrogen-bond donors (Lipinski definition) is 1. The fourth-order valence-electron chi connectivity index (χ4n) is 8.14. The van der Waals surface area contributed by atoms with Crippen LogP contribution in [0, 0.1) is 5.92 Å². The third kappa shape index (κ3) is 7.21. The molecular weight excluding hydrogens is 731 g/mol. The van der Waals surface area contributed by atoms with Gasteiger partial charge in [0.15, 0.2) is 5.84 Å². The van der Waals surface area contributed by atoms with Crippen LogP contribution in [0.3, 0.4) is 0 Å². The molecule has 5 aromatic carbocycles. The van der Waals surface area contributed by atoms with Crippen LogP contribution in [0.2, 0.25) is 0 Å². The van der Waals surface area contributed by atoms with Gasteiger partial charge in [0.05, 0.1) is 5.70 Å². The van der Waals surface area contributed by atoms with E-state index < -0.39 is 0 Å². The number of allylic oxidation sites excluding steroid dienone is 8. The number of fused-ring (bicyclic) bond motifs is 6. The highest BCUT2D eigenvalue weighted by molar-refractivity contribution is 7.25. The Balaban J connectivity index is 1.16. The van der Waals surface area contributed by atoms with E-state index in [1.54, 1.807) is 11.3 Å². The van der Waals surface area contributed by atoms with Gasteiger partial charge in [-0.2, -0.15) is 0 Å². The van der Waals surface area contributed by atoms with Crippen LogP contribution in [0.4, 0.5) is 0 Å². The van der Waals surface area contributed by atoms with E-state index in [1.165, 1.54) is 56.7 Å². The van der Waals surface area contributed by atoms with Crippen LogP contribution in [-0.2, 0) is 0 Å². The smallest absolute Gasteiger partial charge is 0.162 e. The molecule has 57 heavy (non-hydrogen) atoms. The molecule has 0 radical (unpaired) electrons. The van der Waals surface area contributed by atoms with Crippen molar-refractivity contribution in [1.82, 2.24) is 0 Å². The molecule has 2 aromatic heterocycles. The highest BCUT2D eigenvalue weighted by atomic mass is 32.1. The van der Waals surface area contributed by atoms with Crippen LogP contribution in [0.1, 0.15) is 49.8 Å². The Morgan fingerprint density at radius 3 is 2.23 bits per heavy atom. The number of nitrogens with two attached hydrogens (primary N) is 1. The van der Waals surface area contributed by atoms with Gasteiger partial charge in [-0.1, -0.05) is 128 Å². The first-order valence-electron chi connectivity index (χ1n) is 19.6. The van der Waals surface area contributed by atoms with Crippen LogP contribution in [-0.4, -0.2) is 11.7 Å². The van der Waals surface area contributed by atoms with Crippen molar-refractivity contribution in [3.63, 3.8) is 0 Å². The van der Waals surface area contributed by atoms with Gasteiger partial charge < -0.3 is 5.73 Å². The molecule has 0 saturated heterocycles. The zero-order valence-electron chi connectivity index (χ0n) is 32.2. The monoisotopic (exact) mass is 773 g/mol. The van der Waals surface area contributed by atoms with Gasteiger partial charge in [0.25, 0.3) is 0 Å². The van der Waals surface area contributed by atoms with E-state index in [1.807, 2.05) is 11.3 Å². The van der Waals surface area contributed by atoms with Crippen molar-refractivity contribution in [2.75, 3.05) is 0 Å². The minimum absolute atomic E-state index is 0.357. The van der Waals surface area contributed by atoms with Crippen LogP contribution in [0.5, 0.6) is 0 Å². The molecule has 0 spiro atoms. The summed E-state index contributed by atoms with van der Waals surface area (Å²) in [7, 11) is 0. The molecule has 2 N–H and O–H groups in total. The first-order valence-corrected chi connectivity index (χ1v) is 21.2. The van der Waals surface area contributed by atoms with Gasteiger partial charge >= 0.3 is 0 Å². The van der Waals surface area contributed by atoms with Gasteiger partial charge in [-0.15, -0.1) is 22.7 Å². The summed E-state index contributed by atoms with van der Waals surface area (Å²) in [6.07, 6.45) is 18.3. The molecule has 0 fully saturated rings. The average molecular weight is 774 g/mol. The fraction of sp³-hybridized carbons (Fsp3) is 0.115. The molecule has 2 heterocycles. The standard InChI is InChI=1S/C52H43N3S2/c1-4-15-41(35-16-6-5-7-17-35)33(2)36-18-12-19-38(30-36)39-20-13-21-40(31-39)52(54-34(3)37-28-29-48-45(32-37)42-22-8-10-25-46(42)56-48)55-51(53)44-24-14-27-49-50(44)43-23-9-11-26-47(43)57-49/h4-13,15-16,18-23,25-32,35H,3,14,17,24H2,1-2H3,(H2,53,54,55)/b15-4-,41-33-/t35-/m1/s1. The average Bonchev–Trinajstić information content (AvgIpc) is 3.83. The maximum atomic E-state index is 7.08. The maximum Gasteiger partial charge on any atom is 0.162 e. The zero-order valence-corrected chi connectivity index (χ0v) is 33.8. The summed E-state index contributed by atoms with van der Waals surface area (Å²) in [5.74, 6) is 1.39. The molecule has 278 valence electrons. The summed E-state index contributed by atoms with van der Waals surface area (Å²) in [6.45, 7) is 8.84. The highest BCUT2D eigenvalue weighted by Crippen LogP contribution is 2.36. The predicted molar refractivity (Wildman–Crippen MR) is 250 cm³/mol.